The molecule has 0 saturated heterocycles. The van der Waals surface area contributed by atoms with Gasteiger partial charge in [-0.2, -0.15) is 0 Å². The van der Waals surface area contributed by atoms with Crippen LogP contribution in [0, 0.1) is 5.82 Å². The van der Waals surface area contributed by atoms with Crippen molar-refractivity contribution in [1.29, 1.82) is 0 Å². The summed E-state index contributed by atoms with van der Waals surface area (Å²) in [5.74, 6) is -0.825. The third-order valence-corrected chi connectivity index (χ3v) is 3.59. The summed E-state index contributed by atoms with van der Waals surface area (Å²) in [5, 5.41) is 3.45. The van der Waals surface area contributed by atoms with E-state index in [-0.39, 0.29) is 12.4 Å². The Kier molecular flexibility index (Phi) is 5.20. The van der Waals surface area contributed by atoms with Gasteiger partial charge in [0.05, 0.1) is 12.7 Å². The minimum Gasteiger partial charge on any atom is -0.465 e. The average Bonchev–Trinajstić information content (AvgIpc) is 2.48. The van der Waals surface area contributed by atoms with Crippen molar-refractivity contribution in [3.8, 4) is 0 Å². The third kappa shape index (κ3) is 3.95. The van der Waals surface area contributed by atoms with Gasteiger partial charge in [0.25, 0.3) is 0 Å². The van der Waals surface area contributed by atoms with Crippen molar-refractivity contribution >= 4 is 39.2 Å². The van der Waals surface area contributed by atoms with E-state index in [4.69, 9.17) is 16.3 Å². The summed E-state index contributed by atoms with van der Waals surface area (Å²) in [5.41, 5.74) is 1.32. The molecule has 2 aromatic rings. The topological polar surface area (TPSA) is 38.3 Å². The molecule has 0 aliphatic carbocycles. The Balaban J connectivity index is 2.24. The van der Waals surface area contributed by atoms with Crippen LogP contribution in [0.25, 0.3) is 0 Å². The molecule has 6 heteroatoms. The van der Waals surface area contributed by atoms with Crippen LogP contribution in [0.15, 0.2) is 40.9 Å². The van der Waals surface area contributed by atoms with E-state index in [9.17, 15) is 9.18 Å². The number of esters is 1. The molecule has 2 aromatic carbocycles. The number of methoxy groups -OCH3 is 1. The van der Waals surface area contributed by atoms with E-state index < -0.39 is 5.97 Å². The zero-order valence-electron chi connectivity index (χ0n) is 11.1. The van der Waals surface area contributed by atoms with Gasteiger partial charge >= 0.3 is 5.97 Å². The molecule has 0 heterocycles. The molecule has 0 fully saturated rings. The van der Waals surface area contributed by atoms with Crippen LogP contribution in [-0.4, -0.2) is 13.1 Å². The second-order valence-electron chi connectivity index (χ2n) is 4.27. The lowest BCUT2D eigenvalue weighted by Gasteiger charge is -2.12. The van der Waals surface area contributed by atoms with Crippen molar-refractivity contribution in [2.75, 3.05) is 12.4 Å². The predicted octanol–water partition coefficient (Wildman–Crippen LogP) is 4.64. The van der Waals surface area contributed by atoms with Crippen LogP contribution in [0.4, 0.5) is 10.1 Å². The van der Waals surface area contributed by atoms with Crippen molar-refractivity contribution in [3.63, 3.8) is 0 Å². The molecule has 3 nitrogen and oxygen atoms in total. The summed E-state index contributed by atoms with van der Waals surface area (Å²) in [4.78, 5) is 11.7. The van der Waals surface area contributed by atoms with Gasteiger partial charge in [0, 0.05) is 27.3 Å². The van der Waals surface area contributed by atoms with Crippen LogP contribution in [0.3, 0.4) is 0 Å². The average molecular weight is 373 g/mol. The number of rotatable bonds is 4. The lowest BCUT2D eigenvalue weighted by Crippen LogP contribution is -2.09. The number of anilines is 1. The number of hydrogen-bond acceptors (Lipinski definition) is 3. The van der Waals surface area contributed by atoms with E-state index >= 15 is 0 Å². The van der Waals surface area contributed by atoms with E-state index in [1.807, 2.05) is 0 Å². The first-order chi connectivity index (χ1) is 10.0. The highest BCUT2D eigenvalue weighted by Gasteiger charge is 2.13. The monoisotopic (exact) mass is 371 g/mol. The van der Waals surface area contributed by atoms with Crippen LogP contribution >= 0.6 is 27.5 Å². The number of benzene rings is 2. The van der Waals surface area contributed by atoms with E-state index in [2.05, 4.69) is 21.2 Å². The van der Waals surface area contributed by atoms with Crippen molar-refractivity contribution in [2.24, 2.45) is 0 Å². The summed E-state index contributed by atoms with van der Waals surface area (Å²) in [7, 11) is 1.29. The fourth-order valence-corrected chi connectivity index (χ4v) is 2.40. The normalized spacial score (nSPS) is 10.3. The molecular formula is C15H12BrClFNO2. The Labute approximate surface area is 135 Å². The van der Waals surface area contributed by atoms with Crippen LogP contribution in [-0.2, 0) is 11.3 Å². The quantitative estimate of drug-likeness (QED) is 0.795. The first-order valence-electron chi connectivity index (χ1n) is 6.07. The highest BCUT2D eigenvalue weighted by Crippen LogP contribution is 2.23. The molecule has 0 radical (unpaired) electrons. The Morgan fingerprint density at radius 3 is 2.81 bits per heavy atom. The molecule has 0 aliphatic heterocycles. The molecule has 0 atom stereocenters. The zero-order chi connectivity index (χ0) is 15.4. The van der Waals surface area contributed by atoms with Crippen molar-refractivity contribution in [3.05, 3.63) is 62.8 Å². The summed E-state index contributed by atoms with van der Waals surface area (Å²) in [6.07, 6.45) is 0. The zero-order valence-corrected chi connectivity index (χ0v) is 13.5. The Hall–Kier alpha value is -1.59. The van der Waals surface area contributed by atoms with Gasteiger partial charge in [0.15, 0.2) is 0 Å². The minimum atomic E-state index is -0.505. The molecule has 110 valence electrons. The molecule has 0 amide bonds. The second-order valence-corrected chi connectivity index (χ2v) is 5.62. The van der Waals surface area contributed by atoms with Gasteiger partial charge in [-0.25, -0.2) is 9.18 Å². The lowest BCUT2D eigenvalue weighted by atomic mass is 10.1. The standard InChI is InChI=1S/C15H12BrClFNO2/c1-21-15(20)12-7-11(17)3-5-14(12)19-8-9-6-10(16)2-4-13(9)18/h2-7,19H,8H2,1H3. The maximum atomic E-state index is 13.7. The van der Waals surface area contributed by atoms with Crippen LogP contribution in [0.2, 0.25) is 5.02 Å². The predicted molar refractivity (Wildman–Crippen MR) is 84.2 cm³/mol. The fraction of sp³-hybridized carbons (Fsp3) is 0.133. The minimum absolute atomic E-state index is 0.233. The molecule has 21 heavy (non-hydrogen) atoms. The largest absolute Gasteiger partial charge is 0.465 e. The maximum absolute atomic E-state index is 13.7. The van der Waals surface area contributed by atoms with Crippen molar-refractivity contribution in [2.45, 2.75) is 6.54 Å². The molecule has 0 aliphatic rings. The first-order valence-corrected chi connectivity index (χ1v) is 7.24. The highest BCUT2D eigenvalue weighted by molar-refractivity contribution is 9.10. The first kappa shape index (κ1) is 15.8. The Morgan fingerprint density at radius 2 is 2.10 bits per heavy atom. The van der Waals surface area contributed by atoms with Crippen LogP contribution in [0.1, 0.15) is 15.9 Å². The number of carbonyl (C=O) groups excluding carboxylic acids is 1. The Morgan fingerprint density at radius 1 is 1.33 bits per heavy atom. The second kappa shape index (κ2) is 6.91. The molecule has 0 spiro atoms. The molecule has 0 unspecified atom stereocenters. The van der Waals surface area contributed by atoms with Crippen molar-refractivity contribution < 1.29 is 13.9 Å². The smallest absolute Gasteiger partial charge is 0.340 e. The van der Waals surface area contributed by atoms with Gasteiger partial charge in [-0.3, -0.25) is 0 Å². The molecule has 0 bridgehead atoms. The van der Waals surface area contributed by atoms with Crippen LogP contribution < -0.4 is 5.32 Å². The summed E-state index contributed by atoms with van der Waals surface area (Å²) < 4.78 is 19.2. The van der Waals surface area contributed by atoms with E-state index in [1.54, 1.807) is 24.3 Å². The molecule has 0 saturated carbocycles. The third-order valence-electron chi connectivity index (χ3n) is 2.86. The van der Waals surface area contributed by atoms with Gasteiger partial charge < -0.3 is 10.1 Å². The van der Waals surface area contributed by atoms with Gasteiger partial charge in [-0.05, 0) is 36.4 Å². The van der Waals surface area contributed by atoms with E-state index in [0.29, 0.717) is 21.8 Å². The van der Waals surface area contributed by atoms with E-state index in [1.165, 1.54) is 19.2 Å². The van der Waals surface area contributed by atoms with Crippen molar-refractivity contribution in [1.82, 2.24) is 0 Å². The lowest BCUT2D eigenvalue weighted by molar-refractivity contribution is 0.0602. The number of halogens is 3. The number of nitrogens with one attached hydrogen (secondary N) is 1. The summed E-state index contributed by atoms with van der Waals surface area (Å²) in [6.45, 7) is 0.233. The molecule has 2 rings (SSSR count). The van der Waals surface area contributed by atoms with E-state index in [0.717, 1.165) is 4.47 Å². The number of hydrogen-bond donors (Lipinski definition) is 1. The maximum Gasteiger partial charge on any atom is 0.340 e. The highest BCUT2D eigenvalue weighted by atomic mass is 79.9. The number of ether oxygens (including phenoxy) is 1. The number of carbonyl (C=O) groups is 1. The SMILES string of the molecule is COC(=O)c1cc(Cl)ccc1NCc1cc(Br)ccc1F. The van der Waals surface area contributed by atoms with Gasteiger partial charge in [0.1, 0.15) is 5.82 Å². The molecule has 0 aromatic heterocycles. The van der Waals surface area contributed by atoms with Gasteiger partial charge in [0.2, 0.25) is 0 Å². The summed E-state index contributed by atoms with van der Waals surface area (Å²) in [6, 6.07) is 9.49. The van der Waals surface area contributed by atoms with Gasteiger partial charge in [-0.15, -0.1) is 0 Å². The molecule has 1 N–H and O–H groups in total. The van der Waals surface area contributed by atoms with Crippen LogP contribution in [0.5, 0.6) is 0 Å². The Bertz CT molecular complexity index is 679. The fourth-order valence-electron chi connectivity index (χ4n) is 1.82. The van der Waals surface area contributed by atoms with Gasteiger partial charge in [-0.1, -0.05) is 27.5 Å². The molecular weight excluding hydrogens is 361 g/mol. The summed E-state index contributed by atoms with van der Waals surface area (Å²) >= 11 is 9.17.